The van der Waals surface area contributed by atoms with E-state index in [4.69, 9.17) is 0 Å². The Hall–Kier alpha value is -1.53. The fourth-order valence-corrected chi connectivity index (χ4v) is 0.976. The van der Waals surface area contributed by atoms with Crippen LogP contribution in [0.25, 0.3) is 0 Å². The van der Waals surface area contributed by atoms with Crippen LogP contribution in [0.1, 0.15) is 5.56 Å². The molecule has 0 bridgehead atoms. The van der Waals surface area contributed by atoms with Crippen molar-refractivity contribution in [3.63, 3.8) is 0 Å². The highest BCUT2D eigenvalue weighted by Gasteiger charge is 2.38. The van der Waals surface area contributed by atoms with Gasteiger partial charge in [0.1, 0.15) is 0 Å². The molecule has 0 amide bonds. The Morgan fingerprint density at radius 2 is 1.62 bits per heavy atom. The minimum absolute atomic E-state index is 0.456. The molecule has 0 aliphatic heterocycles. The first-order valence-electron chi connectivity index (χ1n) is 3.96. The van der Waals surface area contributed by atoms with Crippen LogP contribution in [0.4, 0.5) is 26.3 Å². The second-order valence-corrected chi connectivity index (χ2v) is 2.93. The molecule has 1 aromatic rings. The lowest BCUT2D eigenvalue weighted by Crippen LogP contribution is -2.25. The van der Waals surface area contributed by atoms with Gasteiger partial charge in [-0.2, -0.15) is 13.2 Å². The zero-order valence-electron chi connectivity index (χ0n) is 7.54. The van der Waals surface area contributed by atoms with Crippen molar-refractivity contribution in [1.82, 2.24) is 0 Å². The molecule has 0 fully saturated rings. The summed E-state index contributed by atoms with van der Waals surface area (Å²) < 4.78 is 73.3. The van der Waals surface area contributed by atoms with Crippen molar-refractivity contribution in [3.05, 3.63) is 35.1 Å². The Kier molecular flexibility index (Phi) is 3.25. The van der Waals surface area contributed by atoms with Crippen LogP contribution in [-0.2, 0) is 11.2 Å². The number of carbonyl (C=O) groups is 1. The van der Waals surface area contributed by atoms with Crippen molar-refractivity contribution in [3.8, 4) is 0 Å². The molecule has 1 aromatic carbocycles. The van der Waals surface area contributed by atoms with Gasteiger partial charge in [0.05, 0.1) is 0 Å². The second-order valence-electron chi connectivity index (χ2n) is 2.93. The summed E-state index contributed by atoms with van der Waals surface area (Å²) in [7, 11) is 0. The highest BCUT2D eigenvalue weighted by Crippen LogP contribution is 2.21. The fraction of sp³-hybridized carbons (Fsp3) is 0.222. The van der Waals surface area contributed by atoms with Crippen molar-refractivity contribution in [1.29, 1.82) is 0 Å². The first kappa shape index (κ1) is 12.5. The maximum atomic E-state index is 12.9. The van der Waals surface area contributed by atoms with Crippen LogP contribution in [-0.4, -0.2) is 12.0 Å². The monoisotopic (exact) mass is 242 g/mol. The maximum absolute atomic E-state index is 12.9. The zero-order valence-corrected chi connectivity index (χ0v) is 7.54. The average molecular weight is 242 g/mol. The third-order valence-electron chi connectivity index (χ3n) is 1.78. The third kappa shape index (κ3) is 2.53. The summed E-state index contributed by atoms with van der Waals surface area (Å²) in [6, 6.07) is 1.05. The number of Topliss-reactive ketones (excluding diaryl/α,β-unsaturated/α-hetero) is 1. The molecule has 0 saturated carbocycles. The van der Waals surface area contributed by atoms with E-state index < -0.39 is 41.4 Å². The van der Waals surface area contributed by atoms with Gasteiger partial charge in [0.15, 0.2) is 17.5 Å². The minimum Gasteiger partial charge on any atom is -0.289 e. The summed E-state index contributed by atoms with van der Waals surface area (Å²) in [5.41, 5.74) is -0.832. The van der Waals surface area contributed by atoms with Gasteiger partial charge in [-0.15, -0.1) is 0 Å². The molecule has 7 heteroatoms. The Balaban J connectivity index is 3.00. The van der Waals surface area contributed by atoms with Crippen molar-refractivity contribution in [2.75, 3.05) is 0 Å². The number of alkyl halides is 3. The maximum Gasteiger partial charge on any atom is 0.450 e. The van der Waals surface area contributed by atoms with Gasteiger partial charge in [-0.1, -0.05) is 6.07 Å². The Bertz CT molecular complexity index is 423. The molecule has 0 radical (unpaired) electrons. The van der Waals surface area contributed by atoms with Crippen molar-refractivity contribution in [2.45, 2.75) is 12.6 Å². The van der Waals surface area contributed by atoms with E-state index in [0.717, 1.165) is 0 Å². The van der Waals surface area contributed by atoms with Crippen molar-refractivity contribution >= 4 is 5.78 Å². The molecule has 0 N–H and O–H groups in total. The van der Waals surface area contributed by atoms with Crippen molar-refractivity contribution in [2.24, 2.45) is 0 Å². The topological polar surface area (TPSA) is 17.1 Å². The standard InChI is InChI=1S/C9H4F6O/c10-5-2-1-4(7(11)8(5)12)3-6(16)9(13,14)15/h1-2H,3H2. The van der Waals surface area contributed by atoms with E-state index in [1.165, 1.54) is 0 Å². The van der Waals surface area contributed by atoms with E-state index in [-0.39, 0.29) is 0 Å². The largest absolute Gasteiger partial charge is 0.450 e. The Morgan fingerprint density at radius 1 is 1.06 bits per heavy atom. The lowest BCUT2D eigenvalue weighted by molar-refractivity contribution is -0.170. The molecule has 0 aliphatic carbocycles. The van der Waals surface area contributed by atoms with Gasteiger partial charge in [0, 0.05) is 6.42 Å². The Morgan fingerprint density at radius 3 is 2.12 bits per heavy atom. The molecule has 0 unspecified atom stereocenters. The third-order valence-corrected chi connectivity index (χ3v) is 1.78. The van der Waals surface area contributed by atoms with Crippen LogP contribution in [0.2, 0.25) is 0 Å². The lowest BCUT2D eigenvalue weighted by Gasteiger charge is -2.06. The van der Waals surface area contributed by atoms with E-state index in [0.29, 0.717) is 12.1 Å². The van der Waals surface area contributed by atoms with E-state index in [9.17, 15) is 31.1 Å². The Labute approximate surface area is 85.7 Å². The second kappa shape index (κ2) is 4.15. The van der Waals surface area contributed by atoms with Crippen LogP contribution in [0, 0.1) is 17.5 Å². The van der Waals surface area contributed by atoms with E-state index in [1.54, 1.807) is 0 Å². The summed E-state index contributed by atoms with van der Waals surface area (Å²) >= 11 is 0. The summed E-state index contributed by atoms with van der Waals surface area (Å²) in [6.45, 7) is 0. The quantitative estimate of drug-likeness (QED) is 0.575. The number of hydrogen-bond acceptors (Lipinski definition) is 1. The summed E-state index contributed by atoms with van der Waals surface area (Å²) in [5, 5.41) is 0. The molecule has 0 atom stereocenters. The van der Waals surface area contributed by atoms with Crippen LogP contribution < -0.4 is 0 Å². The average Bonchev–Trinajstić information content (AvgIpc) is 2.17. The van der Waals surface area contributed by atoms with Crippen LogP contribution >= 0.6 is 0 Å². The molecule has 88 valence electrons. The number of rotatable bonds is 2. The molecule has 1 rings (SSSR count). The first-order chi connectivity index (χ1) is 7.23. The molecule has 0 heterocycles. The lowest BCUT2D eigenvalue weighted by atomic mass is 10.1. The number of ketones is 1. The fourth-order valence-electron chi connectivity index (χ4n) is 0.976. The molecule has 0 aliphatic rings. The highest BCUT2D eigenvalue weighted by atomic mass is 19.4. The molecule has 16 heavy (non-hydrogen) atoms. The smallest absolute Gasteiger partial charge is 0.289 e. The highest BCUT2D eigenvalue weighted by molar-refractivity contribution is 5.86. The molecule has 0 saturated heterocycles. The van der Waals surface area contributed by atoms with Gasteiger partial charge in [-0.05, 0) is 11.6 Å². The van der Waals surface area contributed by atoms with E-state index >= 15 is 0 Å². The molecule has 1 nitrogen and oxygen atoms in total. The van der Waals surface area contributed by atoms with E-state index in [1.807, 2.05) is 0 Å². The predicted octanol–water partition coefficient (Wildman–Crippen LogP) is 2.78. The molecular weight excluding hydrogens is 238 g/mol. The molecule has 0 spiro atoms. The predicted molar refractivity (Wildman–Crippen MR) is 41.1 cm³/mol. The van der Waals surface area contributed by atoms with Crippen LogP contribution in [0.3, 0.4) is 0 Å². The van der Waals surface area contributed by atoms with Gasteiger partial charge < -0.3 is 0 Å². The van der Waals surface area contributed by atoms with Gasteiger partial charge in [0.25, 0.3) is 0 Å². The van der Waals surface area contributed by atoms with Gasteiger partial charge in [0.2, 0.25) is 5.78 Å². The van der Waals surface area contributed by atoms with Gasteiger partial charge >= 0.3 is 6.18 Å². The van der Waals surface area contributed by atoms with Gasteiger partial charge in [-0.25, -0.2) is 13.2 Å². The first-order valence-corrected chi connectivity index (χ1v) is 3.96. The summed E-state index contributed by atoms with van der Waals surface area (Å²) in [5.74, 6) is -7.43. The van der Waals surface area contributed by atoms with E-state index in [2.05, 4.69) is 0 Å². The number of carbonyl (C=O) groups excluding carboxylic acids is 1. The van der Waals surface area contributed by atoms with Crippen LogP contribution in [0.5, 0.6) is 0 Å². The van der Waals surface area contributed by atoms with Crippen molar-refractivity contribution < 1.29 is 31.1 Å². The molecular formula is C9H4F6O. The van der Waals surface area contributed by atoms with Gasteiger partial charge in [-0.3, -0.25) is 4.79 Å². The summed E-state index contributed by atoms with van der Waals surface area (Å²) in [6.07, 6.45) is -6.48. The number of benzene rings is 1. The number of hydrogen-bond donors (Lipinski definition) is 0. The zero-order chi connectivity index (χ0) is 12.5. The minimum atomic E-state index is -5.13. The normalized spacial score (nSPS) is 11.6. The molecule has 0 aromatic heterocycles. The summed E-state index contributed by atoms with van der Waals surface area (Å²) in [4.78, 5) is 10.5. The van der Waals surface area contributed by atoms with Crippen LogP contribution in [0.15, 0.2) is 12.1 Å². The number of halogens is 6. The SMILES string of the molecule is O=C(Cc1ccc(F)c(F)c1F)C(F)(F)F.